The molecule has 1 aromatic carbocycles. The van der Waals surface area contributed by atoms with Gasteiger partial charge in [-0.3, -0.25) is 9.59 Å². The van der Waals surface area contributed by atoms with Crippen molar-refractivity contribution in [1.29, 1.82) is 0 Å². The minimum Gasteiger partial charge on any atom is -0.444 e. The summed E-state index contributed by atoms with van der Waals surface area (Å²) >= 11 is 0. The minimum atomic E-state index is -0.929. The van der Waals surface area contributed by atoms with E-state index in [9.17, 15) is 19.2 Å². The van der Waals surface area contributed by atoms with Crippen LogP contribution in [0.2, 0.25) is 0 Å². The van der Waals surface area contributed by atoms with Crippen LogP contribution in [-0.2, 0) is 14.4 Å². The number of piperidine rings is 1. The number of hydroxylamine groups is 2. The van der Waals surface area contributed by atoms with Gasteiger partial charge in [-0.25, -0.2) is 9.59 Å². The first-order valence-corrected chi connectivity index (χ1v) is 10.4. The van der Waals surface area contributed by atoms with Gasteiger partial charge in [-0.1, -0.05) is 23.3 Å². The van der Waals surface area contributed by atoms with E-state index in [4.69, 9.17) is 9.57 Å². The molecule has 8 heteroatoms. The predicted octanol–water partition coefficient (Wildman–Crippen LogP) is 3.72. The highest BCUT2D eigenvalue weighted by Gasteiger charge is 2.47. The maximum absolute atomic E-state index is 13.2. The first kappa shape index (κ1) is 22.5. The number of nitrogens with zero attached hydrogens (tertiary/aromatic N) is 2. The molecule has 2 heterocycles. The summed E-state index contributed by atoms with van der Waals surface area (Å²) in [6, 6.07) is 6.34. The Bertz CT molecular complexity index is 874. The number of benzene rings is 1. The van der Waals surface area contributed by atoms with Crippen LogP contribution in [0.1, 0.15) is 67.2 Å². The Kier molecular flexibility index (Phi) is 6.20. The molecule has 2 aliphatic heterocycles. The molecule has 0 aromatic heterocycles. The summed E-state index contributed by atoms with van der Waals surface area (Å²) in [5.74, 6) is -1.95. The normalized spacial score (nSPS) is 17.9. The largest absolute Gasteiger partial charge is 0.444 e. The standard InChI is InChI=1S/C23H28N2O6/c1-5-6-11-23(12-14-24(15-13-23)21(29)30-22(2,3)4)20(28)31-25-18(26)16-9-7-8-10-17(16)19(25)27/h5,7-10H,1,6,11-15H2,2-4H3. The number of amides is 3. The fraction of sp³-hybridized carbons (Fsp3) is 0.478. The third-order valence-electron chi connectivity index (χ3n) is 5.56. The van der Waals surface area contributed by atoms with Gasteiger partial charge in [0.25, 0.3) is 11.8 Å². The highest BCUT2D eigenvalue weighted by molar-refractivity contribution is 6.20. The van der Waals surface area contributed by atoms with Gasteiger partial charge in [0.1, 0.15) is 5.60 Å². The molecule has 0 aliphatic carbocycles. The van der Waals surface area contributed by atoms with Crippen LogP contribution < -0.4 is 0 Å². The van der Waals surface area contributed by atoms with E-state index in [1.807, 2.05) is 0 Å². The van der Waals surface area contributed by atoms with Crippen LogP contribution >= 0.6 is 0 Å². The summed E-state index contributed by atoms with van der Waals surface area (Å²) in [5, 5.41) is 0.545. The molecule has 0 atom stereocenters. The number of hydrogen-bond donors (Lipinski definition) is 0. The topological polar surface area (TPSA) is 93.2 Å². The summed E-state index contributed by atoms with van der Waals surface area (Å²) in [5.41, 5.74) is -1.12. The number of likely N-dealkylation sites (tertiary alicyclic amines) is 1. The van der Waals surface area contributed by atoms with E-state index in [1.165, 1.54) is 12.1 Å². The summed E-state index contributed by atoms with van der Waals surface area (Å²) < 4.78 is 5.42. The average Bonchev–Trinajstić information content (AvgIpc) is 2.96. The van der Waals surface area contributed by atoms with Crippen LogP contribution in [0.4, 0.5) is 4.79 Å². The minimum absolute atomic E-state index is 0.209. The number of carbonyl (C=O) groups excluding carboxylic acids is 4. The fourth-order valence-electron chi connectivity index (χ4n) is 3.81. The molecule has 166 valence electrons. The number of allylic oxidation sites excluding steroid dienone is 1. The zero-order valence-electron chi connectivity index (χ0n) is 18.2. The molecule has 2 aliphatic rings. The number of fused-ring (bicyclic) bond motifs is 1. The quantitative estimate of drug-likeness (QED) is 0.524. The highest BCUT2D eigenvalue weighted by atomic mass is 16.7. The van der Waals surface area contributed by atoms with Crippen molar-refractivity contribution in [2.75, 3.05) is 13.1 Å². The number of imide groups is 1. The molecule has 0 spiro atoms. The third-order valence-corrected chi connectivity index (χ3v) is 5.56. The lowest BCUT2D eigenvalue weighted by Gasteiger charge is -2.40. The number of rotatable bonds is 5. The van der Waals surface area contributed by atoms with Gasteiger partial charge >= 0.3 is 12.1 Å². The Morgan fingerprint density at radius 2 is 1.65 bits per heavy atom. The number of carbonyl (C=O) groups is 4. The van der Waals surface area contributed by atoms with Gasteiger partial charge < -0.3 is 14.5 Å². The highest BCUT2D eigenvalue weighted by Crippen LogP contribution is 2.39. The summed E-state index contributed by atoms with van der Waals surface area (Å²) in [7, 11) is 0. The Labute approximate surface area is 181 Å². The van der Waals surface area contributed by atoms with Crippen molar-refractivity contribution >= 4 is 23.9 Å². The van der Waals surface area contributed by atoms with Gasteiger partial charge in [0, 0.05) is 13.1 Å². The second-order valence-corrected chi connectivity index (χ2v) is 8.90. The predicted molar refractivity (Wildman–Crippen MR) is 112 cm³/mol. The second-order valence-electron chi connectivity index (χ2n) is 8.90. The van der Waals surface area contributed by atoms with Crippen LogP contribution in [0.5, 0.6) is 0 Å². The molecule has 0 unspecified atom stereocenters. The maximum Gasteiger partial charge on any atom is 0.410 e. The lowest BCUT2D eigenvalue weighted by molar-refractivity contribution is -0.184. The van der Waals surface area contributed by atoms with Gasteiger partial charge in [0.2, 0.25) is 0 Å². The molecule has 31 heavy (non-hydrogen) atoms. The molecule has 0 N–H and O–H groups in total. The molecule has 1 saturated heterocycles. The Morgan fingerprint density at radius 3 is 2.13 bits per heavy atom. The van der Waals surface area contributed by atoms with Crippen molar-refractivity contribution < 1.29 is 28.8 Å². The average molecular weight is 428 g/mol. The molecule has 8 nitrogen and oxygen atoms in total. The van der Waals surface area contributed by atoms with Crippen molar-refractivity contribution in [2.24, 2.45) is 5.41 Å². The molecule has 1 aromatic rings. The maximum atomic E-state index is 13.2. The molecule has 0 bridgehead atoms. The Morgan fingerprint density at radius 1 is 1.10 bits per heavy atom. The lowest BCUT2D eigenvalue weighted by Crippen LogP contribution is -2.50. The second kappa shape index (κ2) is 8.53. The fourth-order valence-corrected chi connectivity index (χ4v) is 3.81. The van der Waals surface area contributed by atoms with E-state index in [2.05, 4.69) is 6.58 Å². The monoisotopic (exact) mass is 428 g/mol. The molecule has 3 rings (SSSR count). The van der Waals surface area contributed by atoms with Crippen LogP contribution in [0.3, 0.4) is 0 Å². The van der Waals surface area contributed by atoms with Gasteiger partial charge in [-0.2, -0.15) is 0 Å². The molecule has 3 amide bonds. The number of ether oxygens (including phenoxy) is 1. The van der Waals surface area contributed by atoms with E-state index in [-0.39, 0.29) is 11.1 Å². The summed E-state index contributed by atoms with van der Waals surface area (Å²) in [6.45, 7) is 9.72. The molecular weight excluding hydrogens is 400 g/mol. The van der Waals surface area contributed by atoms with Gasteiger partial charge in [-0.05, 0) is 58.6 Å². The molecule has 0 radical (unpaired) electrons. The van der Waals surface area contributed by atoms with Gasteiger partial charge in [0.15, 0.2) is 0 Å². The smallest absolute Gasteiger partial charge is 0.410 e. The van der Waals surface area contributed by atoms with Crippen molar-refractivity contribution in [3.05, 3.63) is 48.0 Å². The van der Waals surface area contributed by atoms with Crippen LogP contribution in [0.25, 0.3) is 0 Å². The molecule has 1 fully saturated rings. The van der Waals surface area contributed by atoms with Crippen molar-refractivity contribution in [3.8, 4) is 0 Å². The summed E-state index contributed by atoms with van der Waals surface area (Å²) in [6.07, 6.45) is 2.95. The first-order valence-electron chi connectivity index (χ1n) is 10.4. The first-order chi connectivity index (χ1) is 14.6. The third kappa shape index (κ3) is 4.62. The molecule has 0 saturated carbocycles. The van der Waals surface area contributed by atoms with Crippen LogP contribution in [0.15, 0.2) is 36.9 Å². The SMILES string of the molecule is C=CCCC1(C(=O)ON2C(=O)c3ccccc3C2=O)CCN(C(=O)OC(C)(C)C)CC1. The van der Waals surface area contributed by atoms with Crippen molar-refractivity contribution in [1.82, 2.24) is 9.96 Å². The van der Waals surface area contributed by atoms with Crippen LogP contribution in [0, 0.1) is 5.41 Å². The van der Waals surface area contributed by atoms with Crippen molar-refractivity contribution in [3.63, 3.8) is 0 Å². The Balaban J connectivity index is 1.72. The van der Waals surface area contributed by atoms with E-state index < -0.39 is 34.9 Å². The number of hydrogen-bond acceptors (Lipinski definition) is 6. The van der Waals surface area contributed by atoms with E-state index >= 15 is 0 Å². The lowest BCUT2D eigenvalue weighted by atomic mass is 9.75. The zero-order chi connectivity index (χ0) is 22.8. The zero-order valence-corrected chi connectivity index (χ0v) is 18.2. The van der Waals surface area contributed by atoms with Gasteiger partial charge in [-0.15, -0.1) is 6.58 Å². The van der Waals surface area contributed by atoms with E-state index in [1.54, 1.807) is 43.9 Å². The van der Waals surface area contributed by atoms with E-state index in [0.717, 1.165) is 0 Å². The molecular formula is C23H28N2O6. The Hall–Kier alpha value is -3.16. The van der Waals surface area contributed by atoms with Gasteiger partial charge in [0.05, 0.1) is 16.5 Å². The van der Waals surface area contributed by atoms with Crippen molar-refractivity contribution in [2.45, 2.75) is 52.1 Å². The van der Waals surface area contributed by atoms with Crippen LogP contribution in [-0.4, -0.2) is 52.5 Å². The van der Waals surface area contributed by atoms with E-state index in [0.29, 0.717) is 43.8 Å². The summed E-state index contributed by atoms with van der Waals surface area (Å²) in [4.78, 5) is 57.6.